The Morgan fingerprint density at radius 2 is 1.66 bits per heavy atom. The third-order valence-electron chi connectivity index (χ3n) is 6.80. The molecule has 0 aliphatic heterocycles. The van der Waals surface area contributed by atoms with Gasteiger partial charge in [0.2, 0.25) is 0 Å². The van der Waals surface area contributed by atoms with Gasteiger partial charge in [-0.25, -0.2) is 0 Å². The van der Waals surface area contributed by atoms with E-state index in [9.17, 15) is 0 Å². The van der Waals surface area contributed by atoms with E-state index in [0.29, 0.717) is 5.70 Å². The molecule has 3 aromatic rings. The molecule has 3 rings (SSSR count). The van der Waals surface area contributed by atoms with Crippen molar-refractivity contribution in [1.82, 2.24) is 19.7 Å². The van der Waals surface area contributed by atoms with E-state index in [1.807, 2.05) is 38.6 Å². The van der Waals surface area contributed by atoms with Crippen LogP contribution in [0, 0.1) is 33.6 Å². The second-order valence-electron chi connectivity index (χ2n) is 9.82. The molecule has 35 heavy (non-hydrogen) atoms. The first kappa shape index (κ1) is 30.4. The lowest BCUT2D eigenvalue weighted by Crippen LogP contribution is -2.32. The average molecular weight is 480 g/mol. The minimum atomic E-state index is 0.586. The van der Waals surface area contributed by atoms with Crippen molar-refractivity contribution < 1.29 is 0 Å². The number of nitrogens with zero attached hydrogens (tertiary/aromatic N) is 4. The van der Waals surface area contributed by atoms with Gasteiger partial charge in [-0.05, 0) is 84.3 Å². The molecule has 0 fully saturated rings. The second kappa shape index (κ2) is 14.0. The summed E-state index contributed by atoms with van der Waals surface area (Å²) in [4.78, 5) is 6.68. The van der Waals surface area contributed by atoms with Crippen molar-refractivity contribution in [3.8, 4) is 0 Å². The fraction of sp³-hybridized carbons (Fsp3) is 0.533. The maximum Gasteiger partial charge on any atom is 0.0700 e. The zero-order chi connectivity index (χ0) is 26.9. The summed E-state index contributed by atoms with van der Waals surface area (Å²) < 4.78 is 1.95. The molecule has 0 saturated heterocycles. The van der Waals surface area contributed by atoms with Gasteiger partial charge in [0.25, 0.3) is 0 Å². The van der Waals surface area contributed by atoms with Crippen LogP contribution >= 0.6 is 0 Å². The van der Waals surface area contributed by atoms with Gasteiger partial charge in [0, 0.05) is 41.1 Å². The van der Waals surface area contributed by atoms with Gasteiger partial charge in [-0.2, -0.15) is 5.10 Å². The second-order valence-corrected chi connectivity index (χ2v) is 9.82. The molecule has 0 bridgehead atoms. The summed E-state index contributed by atoms with van der Waals surface area (Å²) in [6, 6.07) is 9.27. The maximum absolute atomic E-state index is 5.60. The summed E-state index contributed by atoms with van der Waals surface area (Å²) in [5, 5.41) is 5.76. The smallest absolute Gasteiger partial charge is 0.0700 e. The lowest BCUT2D eigenvalue weighted by molar-refractivity contribution is 0.210. The summed E-state index contributed by atoms with van der Waals surface area (Å²) in [5.74, 6) is 0.833. The van der Waals surface area contributed by atoms with Gasteiger partial charge in [-0.15, -0.1) is 0 Å². The van der Waals surface area contributed by atoms with Crippen molar-refractivity contribution in [3.63, 3.8) is 0 Å². The Morgan fingerprint density at radius 1 is 1.03 bits per heavy atom. The van der Waals surface area contributed by atoms with Crippen LogP contribution in [0.5, 0.6) is 0 Å². The zero-order valence-corrected chi connectivity index (χ0v) is 24.2. The highest BCUT2D eigenvalue weighted by atomic mass is 15.3. The molecule has 0 saturated carbocycles. The van der Waals surface area contributed by atoms with E-state index in [4.69, 9.17) is 5.73 Å². The molecule has 2 N–H and O–H groups in total. The Morgan fingerprint density at radius 3 is 2.11 bits per heavy atom. The van der Waals surface area contributed by atoms with Gasteiger partial charge < -0.3 is 10.6 Å². The van der Waals surface area contributed by atoms with Crippen molar-refractivity contribution in [3.05, 3.63) is 64.6 Å². The van der Waals surface area contributed by atoms with Crippen LogP contribution in [0.15, 0.2) is 30.8 Å². The van der Waals surface area contributed by atoms with Crippen LogP contribution in [-0.2, 0) is 13.5 Å². The first-order chi connectivity index (χ1) is 16.4. The number of fused-ring (bicyclic) bond motifs is 1. The number of pyridine rings is 1. The van der Waals surface area contributed by atoms with Crippen molar-refractivity contribution >= 4 is 16.6 Å². The van der Waals surface area contributed by atoms with Gasteiger partial charge in [0.15, 0.2) is 0 Å². The predicted octanol–water partition coefficient (Wildman–Crippen LogP) is 6.75. The van der Waals surface area contributed by atoms with Crippen molar-refractivity contribution in [2.24, 2.45) is 18.7 Å². The summed E-state index contributed by atoms with van der Waals surface area (Å²) in [6.07, 6.45) is 3.56. The summed E-state index contributed by atoms with van der Waals surface area (Å²) >= 11 is 0. The van der Waals surface area contributed by atoms with Crippen molar-refractivity contribution in [2.45, 2.75) is 80.7 Å². The van der Waals surface area contributed by atoms with Crippen LogP contribution in [0.2, 0.25) is 0 Å². The van der Waals surface area contributed by atoms with E-state index in [1.54, 1.807) is 0 Å². The van der Waals surface area contributed by atoms with E-state index < -0.39 is 0 Å². The number of benzene rings is 1. The van der Waals surface area contributed by atoms with E-state index in [1.165, 1.54) is 35.0 Å². The van der Waals surface area contributed by atoms with E-state index in [2.05, 4.69) is 88.5 Å². The highest BCUT2D eigenvalue weighted by molar-refractivity contribution is 5.82. The number of hydrogen-bond donors (Lipinski definition) is 1. The summed E-state index contributed by atoms with van der Waals surface area (Å²) in [5.41, 5.74) is 14.0. The van der Waals surface area contributed by atoms with Gasteiger partial charge in [0.05, 0.1) is 11.2 Å². The van der Waals surface area contributed by atoms with Crippen molar-refractivity contribution in [1.29, 1.82) is 0 Å². The normalized spacial score (nSPS) is 12.5. The lowest BCUT2D eigenvalue weighted by Gasteiger charge is -2.28. The molecule has 194 valence electrons. The molecule has 0 spiro atoms. The van der Waals surface area contributed by atoms with Crippen molar-refractivity contribution in [2.75, 3.05) is 14.1 Å². The molecule has 2 aromatic heterocycles. The summed E-state index contributed by atoms with van der Waals surface area (Å²) in [6.45, 7) is 20.8. The Kier molecular flexibility index (Phi) is 12.2. The SMILES string of the molecule is C=C(N)c1cc(C)c(C)nc1C.CCC(C)C(CC)N(C)C.CCc1nn(C)c2ccc(C)cc12. The highest BCUT2D eigenvalue weighted by Gasteiger charge is 2.14. The fourth-order valence-corrected chi connectivity index (χ4v) is 4.41. The molecule has 1 aromatic carbocycles. The minimum absolute atomic E-state index is 0.586. The van der Waals surface area contributed by atoms with E-state index in [0.717, 1.165) is 40.9 Å². The number of nitrogens with two attached hydrogens (primary N) is 1. The molecule has 2 atom stereocenters. The largest absolute Gasteiger partial charge is 0.399 e. The van der Waals surface area contributed by atoms with Crippen LogP contribution in [-0.4, -0.2) is 39.8 Å². The molecular weight excluding hydrogens is 430 g/mol. The maximum atomic E-state index is 5.60. The van der Waals surface area contributed by atoms with Crippen LogP contribution in [0.25, 0.3) is 16.6 Å². The Balaban J connectivity index is 0.000000266. The van der Waals surface area contributed by atoms with Crippen LogP contribution < -0.4 is 5.73 Å². The molecule has 2 heterocycles. The predicted molar refractivity (Wildman–Crippen MR) is 154 cm³/mol. The molecule has 0 aliphatic rings. The first-order valence-corrected chi connectivity index (χ1v) is 12.9. The molecule has 0 amide bonds. The first-order valence-electron chi connectivity index (χ1n) is 12.9. The molecule has 0 radical (unpaired) electrons. The van der Waals surface area contributed by atoms with E-state index >= 15 is 0 Å². The van der Waals surface area contributed by atoms with Gasteiger partial charge >= 0.3 is 0 Å². The van der Waals surface area contributed by atoms with Crippen LogP contribution in [0.4, 0.5) is 0 Å². The minimum Gasteiger partial charge on any atom is -0.399 e. The molecular formula is C30H49N5. The summed E-state index contributed by atoms with van der Waals surface area (Å²) in [7, 11) is 6.33. The monoisotopic (exact) mass is 479 g/mol. The molecule has 5 heteroatoms. The van der Waals surface area contributed by atoms with E-state index in [-0.39, 0.29) is 0 Å². The quantitative estimate of drug-likeness (QED) is 0.425. The van der Waals surface area contributed by atoms with Crippen LogP contribution in [0.3, 0.4) is 0 Å². The number of aromatic nitrogens is 3. The van der Waals surface area contributed by atoms with Crippen LogP contribution in [0.1, 0.15) is 74.3 Å². The highest BCUT2D eigenvalue weighted by Crippen LogP contribution is 2.19. The lowest BCUT2D eigenvalue weighted by atomic mass is 9.96. The third-order valence-corrected chi connectivity index (χ3v) is 6.80. The number of aryl methyl sites for hydroxylation is 6. The number of rotatable bonds is 6. The Hall–Kier alpha value is -2.66. The Labute approximate surface area is 214 Å². The molecule has 2 unspecified atom stereocenters. The third kappa shape index (κ3) is 8.50. The Bertz CT molecular complexity index is 1090. The zero-order valence-electron chi connectivity index (χ0n) is 24.2. The molecule has 0 aliphatic carbocycles. The number of hydrogen-bond acceptors (Lipinski definition) is 4. The topological polar surface area (TPSA) is 60.0 Å². The molecule has 5 nitrogen and oxygen atoms in total. The van der Waals surface area contributed by atoms with Gasteiger partial charge in [0.1, 0.15) is 0 Å². The van der Waals surface area contributed by atoms with Gasteiger partial charge in [-0.1, -0.05) is 52.3 Å². The fourth-order valence-electron chi connectivity index (χ4n) is 4.41. The standard InChI is InChI=1S/C11H14N2.C10H14N2.C9H21N/c1-4-10-9-7-8(2)5-6-11(9)13(3)12-10;1-6-5-10(7(2)11)9(4)12-8(6)3;1-6-8(3)9(7-2)10(4)5/h5-7H,4H2,1-3H3;5H,2,11H2,1,3-4H3;8-9H,6-7H2,1-5H3. The average Bonchev–Trinajstić information content (AvgIpc) is 3.11. The van der Waals surface area contributed by atoms with Gasteiger partial charge in [-0.3, -0.25) is 9.67 Å².